The number of hydrogen-bond acceptors (Lipinski definition) is 1. The van der Waals surface area contributed by atoms with Crippen LogP contribution in [0.1, 0.15) is 18.5 Å². The molecule has 16 heavy (non-hydrogen) atoms. The Morgan fingerprint density at radius 3 is 2.75 bits per heavy atom. The highest BCUT2D eigenvalue weighted by Gasteiger charge is 2.11. The molecule has 1 unspecified atom stereocenters. The molecule has 0 aliphatic carbocycles. The zero-order chi connectivity index (χ0) is 11.5. The van der Waals surface area contributed by atoms with E-state index in [0.29, 0.717) is 0 Å². The van der Waals surface area contributed by atoms with Crippen LogP contribution < -0.4 is 5.32 Å². The Kier molecular flexibility index (Phi) is 3.06. The van der Waals surface area contributed by atoms with Crippen LogP contribution in [0.5, 0.6) is 0 Å². The third-order valence-electron chi connectivity index (χ3n) is 2.80. The Morgan fingerprint density at radius 1 is 1.31 bits per heavy atom. The van der Waals surface area contributed by atoms with Crippen LogP contribution in [0.3, 0.4) is 0 Å². The summed E-state index contributed by atoms with van der Waals surface area (Å²) in [5.74, 6) is -0.211. The molecular formula is C13H15FN2. The van der Waals surface area contributed by atoms with E-state index >= 15 is 0 Å². The lowest BCUT2D eigenvalue weighted by atomic mass is 9.99. The van der Waals surface area contributed by atoms with E-state index in [2.05, 4.69) is 17.2 Å². The van der Waals surface area contributed by atoms with Crippen LogP contribution in [-0.2, 0) is 0 Å². The number of hydrogen-bond donors (Lipinski definition) is 2. The van der Waals surface area contributed by atoms with Gasteiger partial charge < -0.3 is 10.3 Å². The van der Waals surface area contributed by atoms with E-state index in [1.165, 1.54) is 6.07 Å². The standard InChI is InChI=1S/C13H15FN2/c1-9(15-2)11-6-5-10(14)8-12(11)13-4-3-7-16-13/h3-9,15-16H,1-2H3. The van der Waals surface area contributed by atoms with Crippen molar-refractivity contribution in [3.8, 4) is 11.3 Å². The summed E-state index contributed by atoms with van der Waals surface area (Å²) in [6.45, 7) is 2.06. The van der Waals surface area contributed by atoms with Gasteiger partial charge in [0.05, 0.1) is 0 Å². The molecule has 0 aliphatic heterocycles. The summed E-state index contributed by atoms with van der Waals surface area (Å²) in [5.41, 5.74) is 2.94. The fourth-order valence-electron chi connectivity index (χ4n) is 1.79. The molecule has 0 saturated carbocycles. The van der Waals surface area contributed by atoms with Crippen molar-refractivity contribution in [1.29, 1.82) is 0 Å². The van der Waals surface area contributed by atoms with E-state index in [0.717, 1.165) is 16.8 Å². The zero-order valence-corrected chi connectivity index (χ0v) is 9.42. The number of nitrogens with one attached hydrogen (secondary N) is 2. The molecule has 0 amide bonds. The van der Waals surface area contributed by atoms with Crippen LogP contribution >= 0.6 is 0 Å². The third-order valence-corrected chi connectivity index (χ3v) is 2.80. The Labute approximate surface area is 94.5 Å². The van der Waals surface area contributed by atoms with E-state index in [1.54, 1.807) is 6.07 Å². The highest BCUT2D eigenvalue weighted by Crippen LogP contribution is 2.27. The molecule has 3 heteroatoms. The average Bonchev–Trinajstić information content (AvgIpc) is 2.81. The van der Waals surface area contributed by atoms with Gasteiger partial charge in [-0.15, -0.1) is 0 Å². The molecule has 0 fully saturated rings. The Balaban J connectivity index is 2.53. The van der Waals surface area contributed by atoms with Gasteiger partial charge in [-0.25, -0.2) is 4.39 Å². The highest BCUT2D eigenvalue weighted by atomic mass is 19.1. The van der Waals surface area contributed by atoms with Gasteiger partial charge in [-0.1, -0.05) is 6.07 Å². The number of rotatable bonds is 3. The van der Waals surface area contributed by atoms with Crippen molar-refractivity contribution in [3.05, 3.63) is 47.9 Å². The third kappa shape index (κ3) is 1.99. The first-order chi connectivity index (χ1) is 7.72. The zero-order valence-electron chi connectivity index (χ0n) is 9.42. The first-order valence-corrected chi connectivity index (χ1v) is 5.33. The van der Waals surface area contributed by atoms with Gasteiger partial charge in [0.15, 0.2) is 0 Å². The largest absolute Gasteiger partial charge is 0.361 e. The van der Waals surface area contributed by atoms with E-state index in [1.807, 2.05) is 31.4 Å². The first-order valence-electron chi connectivity index (χ1n) is 5.33. The fourth-order valence-corrected chi connectivity index (χ4v) is 1.79. The predicted octanol–water partition coefficient (Wildman–Crippen LogP) is 3.10. The van der Waals surface area contributed by atoms with Gasteiger partial charge in [0.1, 0.15) is 5.82 Å². The summed E-state index contributed by atoms with van der Waals surface area (Å²) in [4.78, 5) is 3.11. The number of aromatic nitrogens is 1. The highest BCUT2D eigenvalue weighted by molar-refractivity contribution is 5.64. The topological polar surface area (TPSA) is 27.8 Å². The minimum Gasteiger partial charge on any atom is -0.361 e. The molecule has 2 N–H and O–H groups in total. The molecule has 1 heterocycles. The van der Waals surface area contributed by atoms with Gasteiger partial charge in [0.2, 0.25) is 0 Å². The summed E-state index contributed by atoms with van der Waals surface area (Å²) in [7, 11) is 1.90. The molecule has 0 aliphatic rings. The molecule has 2 aromatic rings. The van der Waals surface area contributed by atoms with Gasteiger partial charge in [0, 0.05) is 23.5 Å². The minimum atomic E-state index is -0.211. The van der Waals surface area contributed by atoms with E-state index in [-0.39, 0.29) is 11.9 Å². The second-order valence-electron chi connectivity index (χ2n) is 3.83. The lowest BCUT2D eigenvalue weighted by molar-refractivity contribution is 0.620. The van der Waals surface area contributed by atoms with E-state index in [9.17, 15) is 4.39 Å². The van der Waals surface area contributed by atoms with Gasteiger partial charge in [-0.2, -0.15) is 0 Å². The van der Waals surface area contributed by atoms with Crippen molar-refractivity contribution < 1.29 is 4.39 Å². The number of halogens is 1. The Bertz CT molecular complexity index is 463. The monoisotopic (exact) mass is 218 g/mol. The molecule has 1 aromatic heterocycles. The minimum absolute atomic E-state index is 0.193. The second-order valence-corrected chi connectivity index (χ2v) is 3.83. The van der Waals surface area contributed by atoms with Crippen molar-refractivity contribution in [2.45, 2.75) is 13.0 Å². The smallest absolute Gasteiger partial charge is 0.123 e. The molecule has 1 atom stereocenters. The SMILES string of the molecule is CNC(C)c1ccc(F)cc1-c1ccc[nH]1. The number of H-pyrrole nitrogens is 1. The lowest BCUT2D eigenvalue weighted by Gasteiger charge is -2.15. The van der Waals surface area contributed by atoms with Crippen molar-refractivity contribution in [3.63, 3.8) is 0 Å². The summed E-state index contributed by atoms with van der Waals surface area (Å²) in [5, 5.41) is 3.17. The van der Waals surface area contributed by atoms with Gasteiger partial charge in [-0.05, 0) is 43.8 Å². The average molecular weight is 218 g/mol. The van der Waals surface area contributed by atoms with Gasteiger partial charge in [0.25, 0.3) is 0 Å². The summed E-state index contributed by atoms with van der Waals surface area (Å²) in [6, 6.07) is 8.94. The Morgan fingerprint density at radius 2 is 2.12 bits per heavy atom. The van der Waals surface area contributed by atoms with Crippen LogP contribution in [-0.4, -0.2) is 12.0 Å². The van der Waals surface area contributed by atoms with Gasteiger partial charge in [-0.3, -0.25) is 0 Å². The van der Waals surface area contributed by atoms with Crippen molar-refractivity contribution in [1.82, 2.24) is 10.3 Å². The number of benzene rings is 1. The molecule has 1 aromatic carbocycles. The lowest BCUT2D eigenvalue weighted by Crippen LogP contribution is -2.13. The molecule has 0 radical (unpaired) electrons. The maximum Gasteiger partial charge on any atom is 0.123 e. The van der Waals surface area contributed by atoms with Crippen molar-refractivity contribution in [2.24, 2.45) is 0 Å². The van der Waals surface area contributed by atoms with E-state index in [4.69, 9.17) is 0 Å². The summed E-state index contributed by atoms with van der Waals surface area (Å²) in [6.07, 6.45) is 1.84. The van der Waals surface area contributed by atoms with Crippen molar-refractivity contribution >= 4 is 0 Å². The van der Waals surface area contributed by atoms with Crippen LogP contribution in [0, 0.1) is 5.82 Å². The molecule has 84 valence electrons. The quantitative estimate of drug-likeness (QED) is 0.814. The maximum atomic E-state index is 13.3. The van der Waals surface area contributed by atoms with E-state index < -0.39 is 0 Å². The maximum absolute atomic E-state index is 13.3. The molecule has 0 saturated heterocycles. The molecule has 2 rings (SSSR count). The molecule has 0 bridgehead atoms. The summed E-state index contributed by atoms with van der Waals surface area (Å²) < 4.78 is 13.3. The van der Waals surface area contributed by atoms with Crippen LogP contribution in [0.4, 0.5) is 4.39 Å². The molecular weight excluding hydrogens is 203 g/mol. The predicted molar refractivity (Wildman–Crippen MR) is 63.7 cm³/mol. The van der Waals surface area contributed by atoms with Gasteiger partial charge >= 0.3 is 0 Å². The van der Waals surface area contributed by atoms with Crippen LogP contribution in [0.2, 0.25) is 0 Å². The van der Waals surface area contributed by atoms with Crippen LogP contribution in [0.25, 0.3) is 11.3 Å². The molecule has 2 nitrogen and oxygen atoms in total. The summed E-state index contributed by atoms with van der Waals surface area (Å²) >= 11 is 0. The first kappa shape index (κ1) is 10.9. The Hall–Kier alpha value is -1.61. The fraction of sp³-hybridized carbons (Fsp3) is 0.231. The molecule has 0 spiro atoms. The second kappa shape index (κ2) is 4.49. The normalized spacial score (nSPS) is 12.7. The van der Waals surface area contributed by atoms with Crippen LogP contribution in [0.15, 0.2) is 36.5 Å². The number of aromatic amines is 1. The van der Waals surface area contributed by atoms with Crippen molar-refractivity contribution in [2.75, 3.05) is 7.05 Å².